The van der Waals surface area contributed by atoms with Crippen LogP contribution >= 0.6 is 0 Å². The second-order valence-corrected chi connectivity index (χ2v) is 2.47. The van der Waals surface area contributed by atoms with Gasteiger partial charge in [0.25, 0.3) is 0 Å². The Morgan fingerprint density at radius 2 is 1.78 bits per heavy atom. The summed E-state index contributed by atoms with van der Waals surface area (Å²) in [6, 6.07) is 0. The minimum atomic E-state index is 1.02. The molecule has 0 aromatic carbocycles. The van der Waals surface area contributed by atoms with Gasteiger partial charge in [0.15, 0.2) is 0 Å². The highest BCUT2D eigenvalue weighted by Crippen LogP contribution is 1.94. The Labute approximate surface area is 56.4 Å². The minimum Gasteiger partial charge on any atom is -0.301 e. The molecule has 1 aliphatic heterocycles. The predicted molar refractivity (Wildman–Crippen MR) is 37.9 cm³/mol. The van der Waals surface area contributed by atoms with Crippen molar-refractivity contribution in [3.05, 3.63) is 0 Å². The van der Waals surface area contributed by atoms with Crippen molar-refractivity contribution < 1.29 is 0 Å². The molecule has 0 atom stereocenters. The Kier molecular flexibility index (Phi) is 2.45. The number of nitrogens with zero attached hydrogens (tertiary/aromatic N) is 2. The van der Waals surface area contributed by atoms with E-state index in [2.05, 4.69) is 11.8 Å². The van der Waals surface area contributed by atoms with Gasteiger partial charge < -0.3 is 4.90 Å². The SMILES string of the molecule is CCN1CCN(N)CC1. The van der Waals surface area contributed by atoms with Crippen LogP contribution in [0.3, 0.4) is 0 Å². The van der Waals surface area contributed by atoms with Gasteiger partial charge in [-0.05, 0) is 6.54 Å². The maximum atomic E-state index is 5.56. The molecule has 0 amide bonds. The topological polar surface area (TPSA) is 32.5 Å². The lowest BCUT2D eigenvalue weighted by atomic mass is 10.3. The van der Waals surface area contributed by atoms with Gasteiger partial charge >= 0.3 is 0 Å². The van der Waals surface area contributed by atoms with Crippen LogP contribution in [0.5, 0.6) is 0 Å². The zero-order chi connectivity index (χ0) is 6.69. The van der Waals surface area contributed by atoms with Crippen LogP contribution < -0.4 is 5.84 Å². The molecule has 0 unspecified atom stereocenters. The average molecular weight is 129 g/mol. The zero-order valence-corrected chi connectivity index (χ0v) is 6.01. The van der Waals surface area contributed by atoms with Crippen molar-refractivity contribution in [2.24, 2.45) is 5.84 Å². The molecule has 1 aliphatic rings. The molecule has 0 spiro atoms. The molecule has 3 heteroatoms. The first-order valence-corrected chi connectivity index (χ1v) is 3.55. The third-order valence-electron chi connectivity index (χ3n) is 1.85. The molecule has 3 nitrogen and oxygen atoms in total. The Morgan fingerprint density at radius 1 is 1.22 bits per heavy atom. The molecule has 9 heavy (non-hydrogen) atoms. The van der Waals surface area contributed by atoms with Crippen LogP contribution in [0.25, 0.3) is 0 Å². The Balaban J connectivity index is 2.18. The number of piperazine rings is 1. The maximum absolute atomic E-state index is 5.56. The second kappa shape index (κ2) is 3.15. The normalized spacial score (nSPS) is 24.7. The van der Waals surface area contributed by atoms with Crippen LogP contribution in [-0.4, -0.2) is 42.6 Å². The molecule has 0 aromatic rings. The summed E-state index contributed by atoms with van der Waals surface area (Å²) in [5.74, 6) is 5.56. The molecule has 0 saturated carbocycles. The van der Waals surface area contributed by atoms with Gasteiger partial charge in [-0.15, -0.1) is 0 Å². The van der Waals surface area contributed by atoms with E-state index in [1.54, 1.807) is 0 Å². The molecule has 0 radical (unpaired) electrons. The van der Waals surface area contributed by atoms with E-state index in [-0.39, 0.29) is 0 Å². The van der Waals surface area contributed by atoms with Crippen molar-refractivity contribution in [2.45, 2.75) is 6.92 Å². The highest BCUT2D eigenvalue weighted by Gasteiger charge is 2.10. The summed E-state index contributed by atoms with van der Waals surface area (Å²) in [6.07, 6.45) is 0. The number of rotatable bonds is 1. The molecule has 0 bridgehead atoms. The van der Waals surface area contributed by atoms with Gasteiger partial charge in [-0.25, -0.2) is 5.01 Å². The maximum Gasteiger partial charge on any atom is 0.0257 e. The van der Waals surface area contributed by atoms with Crippen LogP contribution in [0.2, 0.25) is 0 Å². The number of hydrogen-bond acceptors (Lipinski definition) is 3. The fourth-order valence-corrected chi connectivity index (χ4v) is 1.08. The second-order valence-electron chi connectivity index (χ2n) is 2.47. The first-order chi connectivity index (χ1) is 4.33. The summed E-state index contributed by atoms with van der Waals surface area (Å²) in [7, 11) is 0. The van der Waals surface area contributed by atoms with Crippen LogP contribution in [-0.2, 0) is 0 Å². The lowest BCUT2D eigenvalue weighted by molar-refractivity contribution is 0.139. The van der Waals surface area contributed by atoms with Gasteiger partial charge in [-0.1, -0.05) is 6.92 Å². The van der Waals surface area contributed by atoms with Gasteiger partial charge in [0.05, 0.1) is 0 Å². The first-order valence-electron chi connectivity index (χ1n) is 3.55. The number of likely N-dealkylation sites (N-methyl/N-ethyl adjacent to an activating group) is 1. The molecule has 2 N–H and O–H groups in total. The third kappa shape index (κ3) is 1.93. The van der Waals surface area contributed by atoms with Gasteiger partial charge in [0.1, 0.15) is 0 Å². The monoisotopic (exact) mass is 129 g/mol. The van der Waals surface area contributed by atoms with E-state index in [0.29, 0.717) is 0 Å². The van der Waals surface area contributed by atoms with Crippen molar-refractivity contribution in [1.29, 1.82) is 0 Å². The predicted octanol–water partition coefficient (Wildman–Crippen LogP) is -0.502. The minimum absolute atomic E-state index is 1.02. The van der Waals surface area contributed by atoms with Crippen molar-refractivity contribution in [1.82, 2.24) is 9.91 Å². The summed E-state index contributed by atoms with van der Waals surface area (Å²) in [5.41, 5.74) is 0. The van der Waals surface area contributed by atoms with E-state index >= 15 is 0 Å². The third-order valence-corrected chi connectivity index (χ3v) is 1.85. The van der Waals surface area contributed by atoms with Gasteiger partial charge in [0.2, 0.25) is 0 Å². The van der Waals surface area contributed by atoms with Crippen LogP contribution in [0, 0.1) is 0 Å². The lowest BCUT2D eigenvalue weighted by Crippen LogP contribution is -2.49. The Bertz CT molecular complexity index is 76.4. The van der Waals surface area contributed by atoms with Crippen LogP contribution in [0.4, 0.5) is 0 Å². The standard InChI is InChI=1S/C6H15N3/c1-2-8-3-5-9(7)6-4-8/h2-7H2,1H3. The van der Waals surface area contributed by atoms with Crippen LogP contribution in [0.1, 0.15) is 6.92 Å². The summed E-state index contributed by atoms with van der Waals surface area (Å²) in [5, 5.41) is 1.88. The summed E-state index contributed by atoms with van der Waals surface area (Å²) in [4.78, 5) is 2.41. The number of hydrazine groups is 1. The number of nitrogens with two attached hydrogens (primary N) is 1. The fraction of sp³-hybridized carbons (Fsp3) is 1.00. The van der Waals surface area contributed by atoms with Gasteiger partial charge in [-0.3, -0.25) is 5.84 Å². The van der Waals surface area contributed by atoms with E-state index in [1.165, 1.54) is 0 Å². The van der Waals surface area contributed by atoms with Crippen LogP contribution in [0.15, 0.2) is 0 Å². The van der Waals surface area contributed by atoms with E-state index in [4.69, 9.17) is 5.84 Å². The Morgan fingerprint density at radius 3 is 2.22 bits per heavy atom. The van der Waals surface area contributed by atoms with E-state index in [9.17, 15) is 0 Å². The number of hydrogen-bond donors (Lipinski definition) is 1. The van der Waals surface area contributed by atoms with Gasteiger partial charge in [-0.2, -0.15) is 0 Å². The molecule has 1 rings (SSSR count). The molecule has 0 aliphatic carbocycles. The molecule has 1 heterocycles. The molecule has 1 saturated heterocycles. The first kappa shape index (κ1) is 6.99. The lowest BCUT2D eigenvalue weighted by Gasteiger charge is -2.30. The Hall–Kier alpha value is -0.120. The van der Waals surface area contributed by atoms with E-state index in [0.717, 1.165) is 32.7 Å². The molecule has 1 fully saturated rings. The summed E-state index contributed by atoms with van der Waals surface area (Å²) >= 11 is 0. The van der Waals surface area contributed by atoms with Crippen molar-refractivity contribution in [3.8, 4) is 0 Å². The van der Waals surface area contributed by atoms with E-state index < -0.39 is 0 Å². The summed E-state index contributed by atoms with van der Waals surface area (Å²) in [6.45, 7) is 7.65. The largest absolute Gasteiger partial charge is 0.301 e. The average Bonchev–Trinajstić information content (AvgIpc) is 1.90. The quantitative estimate of drug-likeness (QED) is 0.484. The fourth-order valence-electron chi connectivity index (χ4n) is 1.08. The molecule has 54 valence electrons. The molecule has 0 aromatic heterocycles. The van der Waals surface area contributed by atoms with Crippen molar-refractivity contribution in [2.75, 3.05) is 32.7 Å². The summed E-state index contributed by atoms with van der Waals surface area (Å²) < 4.78 is 0. The molecular formula is C6H15N3. The van der Waals surface area contributed by atoms with Crippen molar-refractivity contribution in [3.63, 3.8) is 0 Å². The van der Waals surface area contributed by atoms with Gasteiger partial charge in [0, 0.05) is 26.2 Å². The highest BCUT2D eigenvalue weighted by atomic mass is 15.4. The highest BCUT2D eigenvalue weighted by molar-refractivity contribution is 4.65. The smallest absolute Gasteiger partial charge is 0.0257 e. The van der Waals surface area contributed by atoms with Crippen molar-refractivity contribution >= 4 is 0 Å². The molecular weight excluding hydrogens is 114 g/mol. The zero-order valence-electron chi connectivity index (χ0n) is 6.01. The van der Waals surface area contributed by atoms with E-state index in [1.807, 2.05) is 5.01 Å².